The van der Waals surface area contributed by atoms with E-state index in [0.29, 0.717) is 18.4 Å². The number of benzene rings is 1. The smallest absolute Gasteiger partial charge is 0.291 e. The molecule has 0 bridgehead atoms. The maximum absolute atomic E-state index is 11.7. The van der Waals surface area contributed by atoms with Crippen molar-refractivity contribution in [2.75, 3.05) is 5.32 Å². The Hall–Kier alpha value is -1.52. The van der Waals surface area contributed by atoms with Crippen LogP contribution in [-0.4, -0.2) is 17.7 Å². The van der Waals surface area contributed by atoms with Crippen LogP contribution in [0.5, 0.6) is 0 Å². The number of nitro benzene ring substituents is 1. The van der Waals surface area contributed by atoms with Crippen LogP contribution in [0.1, 0.15) is 59.8 Å². The summed E-state index contributed by atoms with van der Waals surface area (Å²) < 4.78 is 0. The minimum atomic E-state index is -0.222. The predicted molar refractivity (Wildman–Crippen MR) is 106 cm³/mol. The second-order valence-corrected chi connectivity index (χ2v) is 9.39. The summed E-state index contributed by atoms with van der Waals surface area (Å²) in [5, 5.41) is 15.1. The molecular formula is C20H31BN2O2. The second-order valence-electron chi connectivity index (χ2n) is 9.39. The Labute approximate surface area is 152 Å². The monoisotopic (exact) mass is 342 g/mol. The van der Waals surface area contributed by atoms with Gasteiger partial charge in [0.05, 0.1) is 4.92 Å². The van der Waals surface area contributed by atoms with Crippen molar-refractivity contribution in [2.45, 2.75) is 78.5 Å². The minimum Gasteiger partial charge on any atom is -0.377 e. The molecule has 0 aromatic heterocycles. The van der Waals surface area contributed by atoms with Crippen molar-refractivity contribution in [1.29, 1.82) is 0 Å². The maximum Gasteiger partial charge on any atom is 0.291 e. The van der Waals surface area contributed by atoms with E-state index in [0.717, 1.165) is 30.9 Å². The van der Waals surface area contributed by atoms with Crippen molar-refractivity contribution in [3.05, 3.63) is 28.3 Å². The summed E-state index contributed by atoms with van der Waals surface area (Å²) in [5.41, 5.74) is 2.57. The average Bonchev–Trinajstić information content (AvgIpc) is 2.76. The predicted octanol–water partition coefficient (Wildman–Crippen LogP) is 5.11. The van der Waals surface area contributed by atoms with Gasteiger partial charge in [0.15, 0.2) is 6.71 Å². The van der Waals surface area contributed by atoms with E-state index < -0.39 is 0 Å². The van der Waals surface area contributed by atoms with Gasteiger partial charge in [-0.3, -0.25) is 10.1 Å². The molecule has 136 valence electrons. The van der Waals surface area contributed by atoms with Gasteiger partial charge < -0.3 is 5.32 Å². The van der Waals surface area contributed by atoms with Gasteiger partial charge in [0.25, 0.3) is 5.69 Å². The van der Waals surface area contributed by atoms with Crippen LogP contribution in [0.3, 0.4) is 0 Å². The molecule has 1 aromatic rings. The largest absolute Gasteiger partial charge is 0.377 e. The van der Waals surface area contributed by atoms with Gasteiger partial charge in [-0.1, -0.05) is 71.1 Å². The summed E-state index contributed by atoms with van der Waals surface area (Å²) in [6.07, 6.45) is 8.13. The van der Waals surface area contributed by atoms with E-state index in [4.69, 9.17) is 0 Å². The van der Waals surface area contributed by atoms with Crippen LogP contribution in [0.25, 0.3) is 0 Å². The van der Waals surface area contributed by atoms with Crippen LogP contribution in [0.15, 0.2) is 18.2 Å². The van der Waals surface area contributed by atoms with Gasteiger partial charge in [0, 0.05) is 12.1 Å². The highest BCUT2D eigenvalue weighted by Crippen LogP contribution is 2.52. The third-order valence-electron chi connectivity index (χ3n) is 7.00. The molecule has 0 amide bonds. The summed E-state index contributed by atoms with van der Waals surface area (Å²) in [4.78, 5) is 11.4. The third-order valence-corrected chi connectivity index (χ3v) is 7.00. The van der Waals surface area contributed by atoms with Gasteiger partial charge in [-0.15, -0.1) is 0 Å². The molecule has 1 N–H and O–H groups in total. The van der Waals surface area contributed by atoms with Crippen LogP contribution in [0.2, 0.25) is 12.6 Å². The van der Waals surface area contributed by atoms with Crippen molar-refractivity contribution in [3.8, 4) is 0 Å². The standard InChI is InChI=1S/C20H31BN2O2/c1-19(2)13-21(14-20(19,3)4)15-10-11-17(18(12-15)23(24)25)22-16-8-6-5-7-9-16/h10-12,16,22H,5-9,13-14H2,1-4H3. The summed E-state index contributed by atoms with van der Waals surface area (Å²) in [5.74, 6) is 0. The Morgan fingerprint density at radius 2 is 1.68 bits per heavy atom. The van der Waals surface area contributed by atoms with Crippen molar-refractivity contribution >= 4 is 23.6 Å². The lowest BCUT2D eigenvalue weighted by atomic mass is 9.42. The molecule has 2 aliphatic rings. The van der Waals surface area contributed by atoms with Gasteiger partial charge in [-0.25, -0.2) is 0 Å². The number of hydrogen-bond donors (Lipinski definition) is 1. The van der Waals surface area contributed by atoms with Gasteiger partial charge in [0.2, 0.25) is 0 Å². The zero-order valence-corrected chi connectivity index (χ0v) is 16.1. The van der Waals surface area contributed by atoms with Gasteiger partial charge in [0.1, 0.15) is 5.69 Å². The highest BCUT2D eigenvalue weighted by molar-refractivity contribution is 6.74. The Balaban J connectivity index is 1.83. The molecule has 1 aliphatic carbocycles. The third kappa shape index (κ3) is 3.70. The van der Waals surface area contributed by atoms with Crippen LogP contribution >= 0.6 is 0 Å². The van der Waals surface area contributed by atoms with E-state index >= 15 is 0 Å². The zero-order valence-electron chi connectivity index (χ0n) is 16.1. The zero-order chi connectivity index (χ0) is 18.2. The first-order chi connectivity index (χ1) is 11.7. The Morgan fingerprint density at radius 3 is 2.24 bits per heavy atom. The quantitative estimate of drug-likeness (QED) is 0.470. The Morgan fingerprint density at radius 1 is 1.08 bits per heavy atom. The molecule has 1 heterocycles. The van der Waals surface area contributed by atoms with Crippen molar-refractivity contribution in [2.24, 2.45) is 10.8 Å². The number of hydrogen-bond acceptors (Lipinski definition) is 3. The lowest BCUT2D eigenvalue weighted by Gasteiger charge is -2.35. The lowest BCUT2D eigenvalue weighted by Crippen LogP contribution is -2.29. The van der Waals surface area contributed by atoms with E-state index in [1.165, 1.54) is 19.3 Å². The van der Waals surface area contributed by atoms with E-state index in [2.05, 4.69) is 39.1 Å². The van der Waals surface area contributed by atoms with E-state index in [1.54, 1.807) is 0 Å². The summed E-state index contributed by atoms with van der Waals surface area (Å²) >= 11 is 0. The number of nitrogens with one attached hydrogen (secondary N) is 1. The molecule has 2 fully saturated rings. The number of anilines is 1. The molecule has 0 radical (unpaired) electrons. The molecular weight excluding hydrogens is 311 g/mol. The molecule has 1 saturated carbocycles. The lowest BCUT2D eigenvalue weighted by molar-refractivity contribution is -0.383. The number of nitro groups is 1. The van der Waals surface area contributed by atoms with E-state index in [1.807, 2.05) is 12.1 Å². The van der Waals surface area contributed by atoms with Crippen LogP contribution in [-0.2, 0) is 0 Å². The molecule has 0 unspecified atom stereocenters. The molecule has 4 nitrogen and oxygen atoms in total. The molecule has 25 heavy (non-hydrogen) atoms. The molecule has 3 rings (SSSR count). The summed E-state index contributed by atoms with van der Waals surface area (Å²) in [6, 6.07) is 6.26. The highest BCUT2D eigenvalue weighted by atomic mass is 16.6. The van der Waals surface area contributed by atoms with Crippen LogP contribution < -0.4 is 10.8 Å². The van der Waals surface area contributed by atoms with Crippen molar-refractivity contribution < 1.29 is 4.92 Å². The first kappa shape index (κ1) is 18.3. The Bertz CT molecular complexity index is 635. The van der Waals surface area contributed by atoms with Gasteiger partial charge in [-0.2, -0.15) is 0 Å². The van der Waals surface area contributed by atoms with Crippen molar-refractivity contribution in [3.63, 3.8) is 0 Å². The number of rotatable bonds is 4. The van der Waals surface area contributed by atoms with Gasteiger partial charge in [-0.05, 0) is 29.7 Å². The molecule has 0 spiro atoms. The van der Waals surface area contributed by atoms with E-state index in [-0.39, 0.29) is 21.4 Å². The molecule has 1 saturated heterocycles. The fourth-order valence-electron chi connectivity index (χ4n) is 4.64. The maximum atomic E-state index is 11.7. The summed E-state index contributed by atoms with van der Waals surface area (Å²) in [6.45, 7) is 9.69. The highest BCUT2D eigenvalue weighted by Gasteiger charge is 2.48. The van der Waals surface area contributed by atoms with E-state index in [9.17, 15) is 10.1 Å². The number of nitrogens with zero attached hydrogens (tertiary/aromatic N) is 1. The normalized spacial score (nSPS) is 22.8. The topological polar surface area (TPSA) is 55.2 Å². The second kappa shape index (κ2) is 6.66. The molecule has 1 aromatic carbocycles. The van der Waals surface area contributed by atoms with Gasteiger partial charge >= 0.3 is 0 Å². The van der Waals surface area contributed by atoms with Crippen LogP contribution in [0, 0.1) is 20.9 Å². The Kier molecular flexibility index (Phi) is 4.87. The van der Waals surface area contributed by atoms with Crippen molar-refractivity contribution in [1.82, 2.24) is 0 Å². The first-order valence-electron chi connectivity index (χ1n) is 9.74. The SMILES string of the molecule is CC1(C)CB(c2ccc(NC3CCCCC3)c([N+](=O)[O-])c2)CC1(C)C. The fourth-order valence-corrected chi connectivity index (χ4v) is 4.64. The minimum absolute atomic E-state index is 0.222. The molecule has 0 atom stereocenters. The summed E-state index contributed by atoms with van der Waals surface area (Å²) in [7, 11) is 0. The van der Waals surface area contributed by atoms with Crippen LogP contribution in [0.4, 0.5) is 11.4 Å². The average molecular weight is 342 g/mol. The molecule has 1 aliphatic heterocycles. The fraction of sp³-hybridized carbons (Fsp3) is 0.700. The first-order valence-corrected chi connectivity index (χ1v) is 9.74. The molecule has 5 heteroatoms.